The van der Waals surface area contributed by atoms with Gasteiger partial charge in [0.1, 0.15) is 6.04 Å². The summed E-state index contributed by atoms with van der Waals surface area (Å²) in [6.45, 7) is 5.72. The molecule has 1 aromatic heterocycles. The lowest BCUT2D eigenvalue weighted by molar-refractivity contribution is 0.430. The number of nitrogens with one attached hydrogen (secondary N) is 1. The molecule has 2 N–H and O–H groups in total. The number of rotatable bonds is 5. The van der Waals surface area contributed by atoms with E-state index in [9.17, 15) is 14.8 Å². The molecular weight excluding hydrogens is 270 g/mol. The standard InChI is InChI=1S/C15H19N3O3/c1-9(2)8-13-14(19)18(15(20)16-13)12-6-4-11(5-7-12)10(3)17-21/h4-7,9-10,19H,8H2,1-3H3,(H,16,20). The number of imidazole rings is 1. The van der Waals surface area contributed by atoms with Gasteiger partial charge < -0.3 is 10.1 Å². The second kappa shape index (κ2) is 5.95. The lowest BCUT2D eigenvalue weighted by Crippen LogP contribution is -2.14. The summed E-state index contributed by atoms with van der Waals surface area (Å²) in [7, 11) is 0. The van der Waals surface area contributed by atoms with E-state index < -0.39 is 6.04 Å². The molecule has 0 radical (unpaired) electrons. The number of H-pyrrole nitrogens is 1. The Morgan fingerprint density at radius 1 is 1.24 bits per heavy atom. The van der Waals surface area contributed by atoms with Gasteiger partial charge in [-0.2, -0.15) is 4.91 Å². The predicted octanol–water partition coefficient (Wildman–Crippen LogP) is 2.90. The van der Waals surface area contributed by atoms with Gasteiger partial charge in [0, 0.05) is 0 Å². The van der Waals surface area contributed by atoms with Gasteiger partial charge in [-0.05, 0) is 37.0 Å². The number of hydrogen-bond acceptors (Lipinski definition) is 4. The van der Waals surface area contributed by atoms with Gasteiger partial charge in [-0.3, -0.25) is 0 Å². The third-order valence-corrected chi connectivity index (χ3v) is 3.35. The molecule has 6 nitrogen and oxygen atoms in total. The van der Waals surface area contributed by atoms with Crippen LogP contribution < -0.4 is 5.69 Å². The van der Waals surface area contributed by atoms with Crippen LogP contribution in [0.25, 0.3) is 5.69 Å². The summed E-state index contributed by atoms with van der Waals surface area (Å²) >= 11 is 0. The molecule has 0 saturated carbocycles. The number of nitroso groups, excluding NO2 is 1. The number of aromatic nitrogens is 2. The molecule has 0 fully saturated rings. The molecule has 1 atom stereocenters. The summed E-state index contributed by atoms with van der Waals surface area (Å²) in [5.41, 5.74) is 1.46. The quantitative estimate of drug-likeness (QED) is 0.829. The third-order valence-electron chi connectivity index (χ3n) is 3.35. The minimum atomic E-state index is -0.438. The van der Waals surface area contributed by atoms with Crippen molar-refractivity contribution in [2.45, 2.75) is 33.2 Å². The number of aromatic amines is 1. The van der Waals surface area contributed by atoms with Crippen molar-refractivity contribution >= 4 is 0 Å². The Kier molecular flexibility index (Phi) is 4.26. The second-order valence-electron chi connectivity index (χ2n) is 5.54. The minimum Gasteiger partial charge on any atom is -0.493 e. The molecule has 2 rings (SSSR count). The van der Waals surface area contributed by atoms with Crippen molar-refractivity contribution in [3.63, 3.8) is 0 Å². The number of aromatic hydroxyl groups is 1. The summed E-state index contributed by atoms with van der Waals surface area (Å²) in [6.07, 6.45) is 0.595. The van der Waals surface area contributed by atoms with Crippen molar-refractivity contribution in [1.29, 1.82) is 0 Å². The Bertz CT molecular complexity index is 683. The molecule has 21 heavy (non-hydrogen) atoms. The first-order chi connectivity index (χ1) is 9.93. The Hall–Kier alpha value is -2.37. The van der Waals surface area contributed by atoms with E-state index in [2.05, 4.69) is 10.2 Å². The van der Waals surface area contributed by atoms with Crippen LogP contribution in [0.4, 0.5) is 0 Å². The molecule has 2 aromatic rings. The van der Waals surface area contributed by atoms with Gasteiger partial charge in [0.25, 0.3) is 0 Å². The molecule has 0 amide bonds. The average molecular weight is 289 g/mol. The summed E-state index contributed by atoms with van der Waals surface area (Å²) < 4.78 is 1.22. The molecule has 1 heterocycles. The van der Waals surface area contributed by atoms with Crippen LogP contribution in [0.3, 0.4) is 0 Å². The second-order valence-corrected chi connectivity index (χ2v) is 5.54. The normalized spacial score (nSPS) is 12.6. The maximum atomic E-state index is 12.0. The first-order valence-electron chi connectivity index (χ1n) is 6.89. The van der Waals surface area contributed by atoms with E-state index >= 15 is 0 Å². The highest BCUT2D eigenvalue weighted by Crippen LogP contribution is 2.23. The summed E-state index contributed by atoms with van der Waals surface area (Å²) in [5.74, 6) is 0.257. The molecule has 0 aliphatic heterocycles. The van der Waals surface area contributed by atoms with Crippen LogP contribution in [0.1, 0.15) is 38.1 Å². The summed E-state index contributed by atoms with van der Waals surface area (Å²) in [6, 6.07) is 6.38. The highest BCUT2D eigenvalue weighted by Gasteiger charge is 2.15. The van der Waals surface area contributed by atoms with Gasteiger partial charge >= 0.3 is 5.69 Å². The van der Waals surface area contributed by atoms with E-state index in [1.807, 2.05) is 13.8 Å². The third kappa shape index (κ3) is 3.04. The first kappa shape index (κ1) is 15.0. The molecule has 0 aliphatic carbocycles. The Morgan fingerprint density at radius 2 is 1.86 bits per heavy atom. The van der Waals surface area contributed by atoms with E-state index in [1.165, 1.54) is 4.57 Å². The maximum Gasteiger partial charge on any atom is 0.333 e. The lowest BCUT2D eigenvalue weighted by Gasteiger charge is -2.07. The van der Waals surface area contributed by atoms with E-state index in [0.29, 0.717) is 23.7 Å². The van der Waals surface area contributed by atoms with E-state index in [-0.39, 0.29) is 11.6 Å². The van der Waals surface area contributed by atoms with Crippen LogP contribution in [-0.2, 0) is 6.42 Å². The van der Waals surface area contributed by atoms with E-state index in [1.54, 1.807) is 31.2 Å². The fourth-order valence-corrected chi connectivity index (χ4v) is 2.22. The van der Waals surface area contributed by atoms with E-state index in [0.717, 1.165) is 5.56 Å². The maximum absolute atomic E-state index is 12.0. The summed E-state index contributed by atoms with van der Waals surface area (Å²) in [4.78, 5) is 25.2. The molecule has 0 aliphatic rings. The van der Waals surface area contributed by atoms with Crippen molar-refractivity contribution in [2.24, 2.45) is 11.1 Å². The molecule has 0 saturated heterocycles. The van der Waals surface area contributed by atoms with Gasteiger partial charge in [0.05, 0.1) is 11.4 Å². The fourth-order valence-electron chi connectivity index (χ4n) is 2.22. The van der Waals surface area contributed by atoms with Gasteiger partial charge in [0.15, 0.2) is 0 Å². The number of nitrogens with zero attached hydrogens (tertiary/aromatic N) is 2. The number of hydrogen-bond donors (Lipinski definition) is 2. The Labute approximate surface area is 122 Å². The zero-order valence-electron chi connectivity index (χ0n) is 12.3. The van der Waals surface area contributed by atoms with E-state index in [4.69, 9.17) is 0 Å². The van der Waals surface area contributed by atoms with Gasteiger partial charge in [-0.25, -0.2) is 9.36 Å². The van der Waals surface area contributed by atoms with Crippen molar-refractivity contribution in [1.82, 2.24) is 9.55 Å². The molecular formula is C15H19N3O3. The van der Waals surface area contributed by atoms with Crippen LogP contribution in [0, 0.1) is 10.8 Å². The van der Waals surface area contributed by atoms with Crippen molar-refractivity contribution in [3.8, 4) is 11.6 Å². The zero-order valence-corrected chi connectivity index (χ0v) is 12.3. The van der Waals surface area contributed by atoms with Crippen molar-refractivity contribution < 1.29 is 5.11 Å². The molecule has 112 valence electrons. The van der Waals surface area contributed by atoms with Crippen LogP contribution in [0.2, 0.25) is 0 Å². The fraction of sp³-hybridized carbons (Fsp3) is 0.400. The van der Waals surface area contributed by atoms with Gasteiger partial charge in [-0.1, -0.05) is 31.2 Å². The Balaban J connectivity index is 2.40. The molecule has 1 unspecified atom stereocenters. The van der Waals surface area contributed by atoms with Crippen LogP contribution in [-0.4, -0.2) is 14.7 Å². The van der Waals surface area contributed by atoms with Crippen molar-refractivity contribution in [3.05, 3.63) is 50.9 Å². The first-order valence-corrected chi connectivity index (χ1v) is 6.89. The summed E-state index contributed by atoms with van der Waals surface area (Å²) in [5, 5.41) is 13.2. The minimum absolute atomic E-state index is 0.0667. The smallest absolute Gasteiger partial charge is 0.333 e. The van der Waals surface area contributed by atoms with Gasteiger partial charge in [-0.15, -0.1) is 0 Å². The van der Waals surface area contributed by atoms with Crippen LogP contribution >= 0.6 is 0 Å². The van der Waals surface area contributed by atoms with Crippen LogP contribution in [0.15, 0.2) is 34.2 Å². The van der Waals surface area contributed by atoms with Gasteiger partial charge in [0.2, 0.25) is 5.88 Å². The number of benzene rings is 1. The highest BCUT2D eigenvalue weighted by molar-refractivity contribution is 5.40. The lowest BCUT2D eigenvalue weighted by atomic mass is 10.1. The monoisotopic (exact) mass is 289 g/mol. The predicted molar refractivity (Wildman–Crippen MR) is 80.8 cm³/mol. The topological polar surface area (TPSA) is 87.5 Å². The molecule has 1 aromatic carbocycles. The zero-order chi connectivity index (χ0) is 15.6. The Morgan fingerprint density at radius 3 is 2.38 bits per heavy atom. The molecule has 0 spiro atoms. The molecule has 6 heteroatoms. The van der Waals surface area contributed by atoms with Crippen LogP contribution in [0.5, 0.6) is 5.88 Å². The SMILES string of the molecule is CC(C)Cc1[nH]c(=O)n(-c2ccc(C(C)N=O)cc2)c1O. The molecule has 0 bridgehead atoms. The highest BCUT2D eigenvalue weighted by atomic mass is 16.3. The largest absolute Gasteiger partial charge is 0.493 e. The van der Waals surface area contributed by atoms with Crippen molar-refractivity contribution in [2.75, 3.05) is 0 Å². The average Bonchev–Trinajstić information content (AvgIpc) is 2.72.